The van der Waals surface area contributed by atoms with Crippen molar-refractivity contribution >= 4 is 24.5 Å². The molecule has 0 bridgehead atoms. The number of β-lactam (4-membered cyclic amide) rings is 1. The molecule has 0 saturated carbocycles. The number of hydrogen-bond acceptors (Lipinski definition) is 4. The van der Waals surface area contributed by atoms with Crippen molar-refractivity contribution < 1.29 is 14.3 Å². The minimum atomic E-state index is -0.513. The average Bonchev–Trinajstić information content (AvgIpc) is 2.45. The summed E-state index contributed by atoms with van der Waals surface area (Å²) >= 11 is 4.15. The van der Waals surface area contributed by atoms with Gasteiger partial charge in [0.15, 0.2) is 0 Å². The van der Waals surface area contributed by atoms with Crippen LogP contribution >= 0.6 is 12.6 Å². The van der Waals surface area contributed by atoms with Crippen LogP contribution in [0.25, 0.3) is 0 Å². The van der Waals surface area contributed by atoms with E-state index in [1.807, 2.05) is 0 Å². The fraction of sp³-hybridized carbons (Fsp3) is 0.333. The van der Waals surface area contributed by atoms with Crippen LogP contribution in [0.2, 0.25) is 0 Å². The molecule has 1 saturated heterocycles. The van der Waals surface area contributed by atoms with Crippen LogP contribution in [0, 0.1) is 0 Å². The quantitative estimate of drug-likeness (QED) is 0.257. The number of ether oxygens (including phenoxy) is 1. The molecular weight excluding hydrogens is 274 g/mol. The molecule has 0 atom stereocenters. The van der Waals surface area contributed by atoms with Crippen molar-refractivity contribution in [3.63, 3.8) is 0 Å². The Morgan fingerprint density at radius 2 is 2.20 bits per heavy atom. The number of nitrogens with zero attached hydrogens (tertiary/aromatic N) is 1. The lowest BCUT2D eigenvalue weighted by Gasteiger charge is -2.32. The molecule has 0 aromatic carbocycles. The molecule has 1 aliphatic rings. The first-order valence-corrected chi connectivity index (χ1v) is 6.90. The zero-order valence-corrected chi connectivity index (χ0v) is 12.5. The summed E-state index contributed by atoms with van der Waals surface area (Å²) in [6.45, 7) is 9.62. The van der Waals surface area contributed by atoms with Gasteiger partial charge in [0.1, 0.15) is 12.3 Å². The lowest BCUT2D eigenvalue weighted by molar-refractivity contribution is -0.147. The van der Waals surface area contributed by atoms with E-state index in [0.717, 1.165) is 11.1 Å². The van der Waals surface area contributed by atoms with Crippen LogP contribution in [0.1, 0.15) is 13.3 Å². The number of carbonyl (C=O) groups excluding carboxylic acids is 2. The van der Waals surface area contributed by atoms with Crippen molar-refractivity contribution in [1.29, 1.82) is 0 Å². The van der Waals surface area contributed by atoms with Gasteiger partial charge in [-0.05, 0) is 18.1 Å². The molecule has 0 unspecified atom stereocenters. The van der Waals surface area contributed by atoms with E-state index in [0.29, 0.717) is 24.4 Å². The van der Waals surface area contributed by atoms with E-state index in [1.54, 1.807) is 25.2 Å². The van der Waals surface area contributed by atoms with Gasteiger partial charge in [-0.3, -0.25) is 4.79 Å². The van der Waals surface area contributed by atoms with E-state index in [2.05, 4.69) is 25.8 Å². The van der Waals surface area contributed by atoms with Crippen LogP contribution in [0.5, 0.6) is 0 Å². The highest BCUT2D eigenvalue weighted by molar-refractivity contribution is 7.80. The SMILES string of the molecule is C=C/C=C(\C=C)COC(=O)/C(=C(\C)CS)N1CCC1=O. The van der Waals surface area contributed by atoms with E-state index in [9.17, 15) is 9.59 Å². The molecule has 0 aromatic rings. The number of esters is 1. The van der Waals surface area contributed by atoms with Gasteiger partial charge < -0.3 is 9.64 Å². The van der Waals surface area contributed by atoms with Crippen LogP contribution in [0.15, 0.2) is 48.2 Å². The third-order valence-electron chi connectivity index (χ3n) is 2.92. The fourth-order valence-electron chi connectivity index (χ4n) is 1.68. The maximum atomic E-state index is 12.2. The number of amides is 1. The Hall–Kier alpha value is -1.75. The van der Waals surface area contributed by atoms with E-state index in [1.165, 1.54) is 4.90 Å². The number of likely N-dealkylation sites (tertiary alicyclic amines) is 1. The molecular formula is C15H19NO3S. The number of rotatable bonds is 7. The second-order valence-electron chi connectivity index (χ2n) is 4.34. The molecule has 5 heteroatoms. The second-order valence-corrected chi connectivity index (χ2v) is 4.66. The first-order valence-electron chi connectivity index (χ1n) is 6.27. The number of hydrogen-bond donors (Lipinski definition) is 1. The van der Waals surface area contributed by atoms with Crippen molar-refractivity contribution in [3.05, 3.63) is 48.2 Å². The van der Waals surface area contributed by atoms with E-state index in [-0.39, 0.29) is 12.5 Å². The van der Waals surface area contributed by atoms with Crippen LogP contribution in [-0.2, 0) is 14.3 Å². The summed E-state index contributed by atoms with van der Waals surface area (Å²) in [5, 5.41) is 0. The van der Waals surface area contributed by atoms with Crippen molar-refractivity contribution in [3.8, 4) is 0 Å². The summed E-state index contributed by atoms with van der Waals surface area (Å²) in [6, 6.07) is 0. The molecule has 1 rings (SSSR count). The lowest BCUT2D eigenvalue weighted by atomic mass is 10.1. The number of allylic oxidation sites excluding steroid dienone is 2. The third-order valence-corrected chi connectivity index (χ3v) is 3.39. The minimum Gasteiger partial charge on any atom is -0.456 e. The predicted octanol–water partition coefficient (Wildman–Crippen LogP) is 2.26. The molecule has 1 amide bonds. The molecule has 108 valence electrons. The molecule has 0 aromatic heterocycles. The molecule has 1 fully saturated rings. The van der Waals surface area contributed by atoms with Crippen LogP contribution < -0.4 is 0 Å². The second kappa shape index (κ2) is 7.75. The predicted molar refractivity (Wildman–Crippen MR) is 82.3 cm³/mol. The van der Waals surface area contributed by atoms with Gasteiger partial charge in [0.05, 0.1) is 0 Å². The molecule has 0 radical (unpaired) electrons. The topological polar surface area (TPSA) is 46.6 Å². The minimum absolute atomic E-state index is 0.0661. The third kappa shape index (κ3) is 3.87. The van der Waals surface area contributed by atoms with Gasteiger partial charge in [-0.1, -0.05) is 31.4 Å². The van der Waals surface area contributed by atoms with Crippen molar-refractivity contribution in [2.24, 2.45) is 0 Å². The standard InChI is InChI=1S/C15H19NO3S/c1-4-6-12(5-2)9-19-15(18)14(11(3)10-20)16-8-7-13(16)17/h4-6,20H,1-2,7-10H2,3H3/b12-6+,14-11-. The largest absolute Gasteiger partial charge is 0.456 e. The van der Waals surface area contributed by atoms with E-state index < -0.39 is 5.97 Å². The molecule has 0 spiro atoms. The Kier molecular flexibility index (Phi) is 6.31. The first-order chi connectivity index (χ1) is 9.54. The smallest absolute Gasteiger partial charge is 0.355 e. The Balaban J connectivity index is 2.80. The first kappa shape index (κ1) is 16.3. The van der Waals surface area contributed by atoms with E-state index >= 15 is 0 Å². The number of thiol groups is 1. The van der Waals surface area contributed by atoms with Crippen LogP contribution in [-0.4, -0.2) is 35.7 Å². The maximum Gasteiger partial charge on any atom is 0.355 e. The average molecular weight is 293 g/mol. The van der Waals surface area contributed by atoms with Crippen LogP contribution in [0.4, 0.5) is 0 Å². The molecule has 0 aliphatic carbocycles. The summed E-state index contributed by atoms with van der Waals surface area (Å²) in [4.78, 5) is 25.1. The number of carbonyl (C=O) groups is 2. The summed E-state index contributed by atoms with van der Waals surface area (Å²) in [5.74, 6) is -0.185. The van der Waals surface area contributed by atoms with Gasteiger partial charge >= 0.3 is 5.97 Å². The zero-order valence-electron chi connectivity index (χ0n) is 11.6. The maximum absolute atomic E-state index is 12.2. The molecule has 20 heavy (non-hydrogen) atoms. The Bertz CT molecular complexity index is 491. The Morgan fingerprint density at radius 3 is 2.60 bits per heavy atom. The zero-order chi connectivity index (χ0) is 15.1. The van der Waals surface area contributed by atoms with Gasteiger partial charge in [0.2, 0.25) is 5.91 Å². The van der Waals surface area contributed by atoms with Gasteiger partial charge in [0.25, 0.3) is 0 Å². The molecule has 0 N–H and O–H groups in total. The van der Waals surface area contributed by atoms with Gasteiger partial charge in [-0.2, -0.15) is 12.6 Å². The van der Waals surface area contributed by atoms with Crippen molar-refractivity contribution in [1.82, 2.24) is 4.90 Å². The summed E-state index contributed by atoms with van der Waals surface area (Å²) in [6.07, 6.45) is 5.37. The van der Waals surface area contributed by atoms with Crippen molar-refractivity contribution in [2.45, 2.75) is 13.3 Å². The Labute approximate surface area is 124 Å². The lowest BCUT2D eigenvalue weighted by Crippen LogP contribution is -2.45. The van der Waals surface area contributed by atoms with Crippen LogP contribution in [0.3, 0.4) is 0 Å². The van der Waals surface area contributed by atoms with Gasteiger partial charge in [0, 0.05) is 18.7 Å². The van der Waals surface area contributed by atoms with Crippen molar-refractivity contribution in [2.75, 3.05) is 18.9 Å². The summed E-state index contributed by atoms with van der Waals surface area (Å²) in [5.41, 5.74) is 1.77. The van der Waals surface area contributed by atoms with Gasteiger partial charge in [-0.15, -0.1) is 0 Å². The highest BCUT2D eigenvalue weighted by Crippen LogP contribution is 2.21. The molecule has 4 nitrogen and oxygen atoms in total. The molecule has 1 heterocycles. The summed E-state index contributed by atoms with van der Waals surface area (Å²) < 4.78 is 5.23. The Morgan fingerprint density at radius 1 is 1.50 bits per heavy atom. The summed E-state index contributed by atoms with van der Waals surface area (Å²) in [7, 11) is 0. The highest BCUT2D eigenvalue weighted by Gasteiger charge is 2.32. The van der Waals surface area contributed by atoms with Gasteiger partial charge in [-0.25, -0.2) is 4.79 Å². The van der Waals surface area contributed by atoms with E-state index in [4.69, 9.17) is 4.74 Å². The fourth-order valence-corrected chi connectivity index (χ4v) is 1.83. The highest BCUT2D eigenvalue weighted by atomic mass is 32.1. The monoisotopic (exact) mass is 293 g/mol. The normalized spacial score (nSPS) is 16.2. The molecule has 1 aliphatic heterocycles.